The Morgan fingerprint density at radius 2 is 1.58 bits per heavy atom. The zero-order valence-corrected chi connectivity index (χ0v) is 17.2. The van der Waals surface area contributed by atoms with Gasteiger partial charge in [0.2, 0.25) is 5.91 Å². The molecule has 4 N–H and O–H groups in total. The number of amides is 1. The molecular formula is C24H19ClN4O2. The Bertz CT molecular complexity index is 1210. The number of benzene rings is 3. The van der Waals surface area contributed by atoms with Crippen molar-refractivity contribution in [3.63, 3.8) is 0 Å². The zero-order chi connectivity index (χ0) is 21.8. The second-order valence-electron chi connectivity index (χ2n) is 6.97. The lowest BCUT2D eigenvalue weighted by Crippen LogP contribution is -2.16. The van der Waals surface area contributed by atoms with Gasteiger partial charge in [-0.05, 0) is 54.1 Å². The third-order valence-corrected chi connectivity index (χ3v) is 4.91. The number of rotatable bonds is 5. The van der Waals surface area contributed by atoms with E-state index in [1.54, 1.807) is 66.9 Å². The molecule has 0 saturated carbocycles. The van der Waals surface area contributed by atoms with Crippen molar-refractivity contribution >= 4 is 29.0 Å². The maximum Gasteiger partial charge on any atom is 0.230 e. The summed E-state index contributed by atoms with van der Waals surface area (Å²) in [5.41, 5.74) is 9.96. The van der Waals surface area contributed by atoms with E-state index in [0.717, 1.165) is 11.1 Å². The molecule has 0 aliphatic carbocycles. The molecule has 0 saturated heterocycles. The molecule has 4 aromatic rings. The molecule has 3 aromatic carbocycles. The number of halogens is 1. The molecular weight excluding hydrogens is 412 g/mol. The van der Waals surface area contributed by atoms with Gasteiger partial charge in [-0.15, -0.1) is 0 Å². The molecule has 1 amide bonds. The third kappa shape index (κ3) is 4.99. The van der Waals surface area contributed by atoms with Crippen LogP contribution in [0.2, 0.25) is 5.02 Å². The van der Waals surface area contributed by atoms with E-state index in [2.05, 4.69) is 10.3 Å². The highest BCUT2D eigenvalue weighted by Gasteiger charge is 2.14. The van der Waals surface area contributed by atoms with Crippen molar-refractivity contribution in [3.05, 3.63) is 89.6 Å². The molecule has 1 aromatic heterocycles. The molecule has 4 rings (SSSR count). The van der Waals surface area contributed by atoms with Gasteiger partial charge in [-0.2, -0.15) is 0 Å². The van der Waals surface area contributed by atoms with Crippen LogP contribution in [0.25, 0.3) is 22.5 Å². The van der Waals surface area contributed by atoms with Crippen LogP contribution in [-0.2, 0) is 11.2 Å². The lowest BCUT2D eigenvalue weighted by atomic mass is 10.1. The summed E-state index contributed by atoms with van der Waals surface area (Å²) in [7, 11) is 0. The van der Waals surface area contributed by atoms with E-state index < -0.39 is 0 Å². The van der Waals surface area contributed by atoms with E-state index in [9.17, 15) is 9.90 Å². The predicted molar refractivity (Wildman–Crippen MR) is 123 cm³/mol. The van der Waals surface area contributed by atoms with Gasteiger partial charge in [0.25, 0.3) is 0 Å². The first-order chi connectivity index (χ1) is 15.0. The summed E-state index contributed by atoms with van der Waals surface area (Å²) in [5.74, 6) is 0.250. The van der Waals surface area contributed by atoms with Gasteiger partial charge in [0.15, 0.2) is 5.82 Å². The number of carbonyl (C=O) groups is 1. The van der Waals surface area contributed by atoms with Crippen molar-refractivity contribution in [2.45, 2.75) is 6.42 Å². The number of nitrogen functional groups attached to an aromatic ring is 1. The first-order valence-corrected chi connectivity index (χ1v) is 9.92. The highest BCUT2D eigenvalue weighted by molar-refractivity contribution is 6.30. The van der Waals surface area contributed by atoms with Gasteiger partial charge in [-0.25, -0.2) is 9.97 Å². The van der Waals surface area contributed by atoms with E-state index in [4.69, 9.17) is 22.3 Å². The summed E-state index contributed by atoms with van der Waals surface area (Å²) in [6.45, 7) is 0. The van der Waals surface area contributed by atoms with Gasteiger partial charge < -0.3 is 16.2 Å². The summed E-state index contributed by atoms with van der Waals surface area (Å²) >= 11 is 5.91. The van der Waals surface area contributed by atoms with Gasteiger partial charge in [0, 0.05) is 21.8 Å². The fourth-order valence-corrected chi connectivity index (χ4v) is 3.18. The van der Waals surface area contributed by atoms with Crippen molar-refractivity contribution in [3.8, 4) is 28.3 Å². The van der Waals surface area contributed by atoms with Gasteiger partial charge in [0.1, 0.15) is 11.4 Å². The second kappa shape index (κ2) is 8.85. The number of aromatic nitrogens is 2. The van der Waals surface area contributed by atoms with Crippen molar-refractivity contribution in [1.82, 2.24) is 9.97 Å². The number of nitrogens with one attached hydrogen (secondary N) is 1. The number of hydrogen-bond donors (Lipinski definition) is 3. The zero-order valence-electron chi connectivity index (χ0n) is 16.4. The molecule has 0 spiro atoms. The molecule has 0 bridgehead atoms. The lowest BCUT2D eigenvalue weighted by Gasteiger charge is -2.12. The molecule has 0 radical (unpaired) electrons. The standard InChI is InChI=1S/C24H19ClN4O2/c25-18-7-1-15(2-8-18)13-22(31)29-24-23(17-5-11-20(30)12-6-17)28-21(14-27-24)16-3-9-19(26)10-4-16/h1-12,14,30H,13,26H2,(H,27,29,31). The topological polar surface area (TPSA) is 101 Å². The number of carbonyl (C=O) groups excluding carboxylic acids is 1. The highest BCUT2D eigenvalue weighted by atomic mass is 35.5. The molecule has 6 nitrogen and oxygen atoms in total. The van der Waals surface area contributed by atoms with Gasteiger partial charge in [-0.3, -0.25) is 4.79 Å². The quantitative estimate of drug-likeness (QED) is 0.389. The van der Waals surface area contributed by atoms with Crippen LogP contribution < -0.4 is 11.1 Å². The van der Waals surface area contributed by atoms with E-state index in [-0.39, 0.29) is 18.1 Å². The summed E-state index contributed by atoms with van der Waals surface area (Å²) < 4.78 is 0. The normalized spacial score (nSPS) is 10.6. The molecule has 0 aliphatic rings. The van der Waals surface area contributed by atoms with Crippen LogP contribution in [0.4, 0.5) is 11.5 Å². The van der Waals surface area contributed by atoms with Crippen LogP contribution in [0.1, 0.15) is 5.56 Å². The highest BCUT2D eigenvalue weighted by Crippen LogP contribution is 2.29. The van der Waals surface area contributed by atoms with Crippen molar-refractivity contribution < 1.29 is 9.90 Å². The smallest absolute Gasteiger partial charge is 0.230 e. The fourth-order valence-electron chi connectivity index (χ4n) is 3.06. The Hall–Kier alpha value is -3.90. The van der Waals surface area contributed by atoms with Crippen LogP contribution in [0.15, 0.2) is 79.0 Å². The Balaban J connectivity index is 1.67. The second-order valence-corrected chi connectivity index (χ2v) is 7.41. The summed E-state index contributed by atoms with van der Waals surface area (Å²) in [6.07, 6.45) is 1.78. The van der Waals surface area contributed by atoms with Crippen LogP contribution in [-0.4, -0.2) is 21.0 Å². The van der Waals surface area contributed by atoms with Crippen molar-refractivity contribution in [1.29, 1.82) is 0 Å². The van der Waals surface area contributed by atoms with Crippen molar-refractivity contribution in [2.75, 3.05) is 11.1 Å². The summed E-state index contributed by atoms with van der Waals surface area (Å²) in [6, 6.07) is 21.0. The molecule has 31 heavy (non-hydrogen) atoms. The maximum absolute atomic E-state index is 12.6. The minimum Gasteiger partial charge on any atom is -0.508 e. The minimum atomic E-state index is -0.225. The van der Waals surface area contributed by atoms with E-state index >= 15 is 0 Å². The Kier molecular flexibility index (Phi) is 5.82. The van der Waals surface area contributed by atoms with Crippen LogP contribution in [0.5, 0.6) is 5.75 Å². The number of nitrogens with two attached hydrogens (primary N) is 1. The molecule has 0 atom stereocenters. The van der Waals surface area contributed by atoms with E-state index in [1.165, 1.54) is 0 Å². The Labute approximate surface area is 184 Å². The number of aromatic hydroxyl groups is 1. The van der Waals surface area contributed by atoms with E-state index in [1.807, 2.05) is 12.1 Å². The van der Waals surface area contributed by atoms with Crippen molar-refractivity contribution in [2.24, 2.45) is 0 Å². The number of nitrogens with zero attached hydrogens (tertiary/aromatic N) is 2. The molecule has 0 aliphatic heterocycles. The minimum absolute atomic E-state index is 0.139. The fraction of sp³-hybridized carbons (Fsp3) is 0.0417. The largest absolute Gasteiger partial charge is 0.508 e. The van der Waals surface area contributed by atoms with Gasteiger partial charge in [-0.1, -0.05) is 35.9 Å². The number of phenolic OH excluding ortho intramolecular Hbond substituents is 1. The van der Waals surface area contributed by atoms with E-state index in [0.29, 0.717) is 33.5 Å². The molecule has 1 heterocycles. The molecule has 0 fully saturated rings. The lowest BCUT2D eigenvalue weighted by molar-refractivity contribution is -0.115. The number of anilines is 2. The van der Waals surface area contributed by atoms with Crippen LogP contribution >= 0.6 is 11.6 Å². The predicted octanol–water partition coefficient (Wildman–Crippen LogP) is 4.93. The number of phenols is 1. The van der Waals surface area contributed by atoms with Gasteiger partial charge >= 0.3 is 0 Å². The van der Waals surface area contributed by atoms with Crippen LogP contribution in [0.3, 0.4) is 0 Å². The van der Waals surface area contributed by atoms with Gasteiger partial charge in [0.05, 0.1) is 18.3 Å². The van der Waals surface area contributed by atoms with Crippen LogP contribution in [0, 0.1) is 0 Å². The first-order valence-electron chi connectivity index (χ1n) is 9.54. The maximum atomic E-state index is 12.6. The SMILES string of the molecule is Nc1ccc(-c2cnc(NC(=O)Cc3ccc(Cl)cc3)c(-c3ccc(O)cc3)n2)cc1. The average Bonchev–Trinajstić information content (AvgIpc) is 2.77. The summed E-state index contributed by atoms with van der Waals surface area (Å²) in [4.78, 5) is 21.8. The average molecular weight is 431 g/mol. The number of hydrogen-bond acceptors (Lipinski definition) is 5. The summed E-state index contributed by atoms with van der Waals surface area (Å²) in [5, 5.41) is 13.1. The molecule has 0 unspecified atom stereocenters. The first kappa shape index (κ1) is 20.4. The Morgan fingerprint density at radius 3 is 2.26 bits per heavy atom. The third-order valence-electron chi connectivity index (χ3n) is 4.66. The Morgan fingerprint density at radius 1 is 0.935 bits per heavy atom. The molecule has 7 heteroatoms. The molecule has 154 valence electrons. The monoisotopic (exact) mass is 430 g/mol.